The molecule has 8 fully saturated rings. The molecule has 20 nitrogen and oxygen atoms in total. The first-order chi connectivity index (χ1) is 53.6. The smallest absolute Gasteiger partial charge is 0.179 e. The number of ether oxygens (including phenoxy) is 4. The van der Waals surface area contributed by atoms with Crippen LogP contribution in [0, 0.1) is 75.0 Å². The van der Waals surface area contributed by atoms with E-state index in [9.17, 15) is 19.8 Å². The summed E-state index contributed by atoms with van der Waals surface area (Å²) in [6.07, 6.45) is 23.2. The molecule has 8 heterocycles. The van der Waals surface area contributed by atoms with E-state index in [1.807, 2.05) is 58.2 Å². The number of rotatable bonds is 24. The Labute approximate surface area is 647 Å². The van der Waals surface area contributed by atoms with Gasteiger partial charge in [0.25, 0.3) is 0 Å². The summed E-state index contributed by atoms with van der Waals surface area (Å²) in [5.41, 5.74) is 10.6. The van der Waals surface area contributed by atoms with Crippen molar-refractivity contribution in [2.75, 3.05) is 78.5 Å². The number of aliphatic hydroxyl groups is 2. The highest BCUT2D eigenvalue weighted by Crippen LogP contribution is 2.44. The van der Waals surface area contributed by atoms with Gasteiger partial charge in [-0.05, 0) is 186 Å². The zero-order chi connectivity index (χ0) is 75.5. The molecule has 6 unspecified atom stereocenters. The highest BCUT2D eigenvalue weighted by Gasteiger charge is 2.46. The molecule has 20 heteroatoms. The fourth-order valence-corrected chi connectivity index (χ4v) is 18.5. The zero-order valence-corrected chi connectivity index (χ0v) is 64.1. The number of hydrogen-bond donors (Lipinski definition) is 4. The van der Waals surface area contributed by atoms with Crippen molar-refractivity contribution >= 4 is 11.6 Å². The number of aryl methyl sites for hydroxylation is 4. The Kier molecular flexibility index (Phi) is 24.6. The molecule has 18 rings (SSSR count). The second-order valence-corrected chi connectivity index (χ2v) is 32.8. The molecule has 4 aliphatic carbocycles. The number of fused-ring (bicyclic) bond motifs is 4. The van der Waals surface area contributed by atoms with Crippen LogP contribution in [0.1, 0.15) is 129 Å². The fraction of sp³-hybridized carbons (Fsp3) is 0.444. The lowest BCUT2D eigenvalue weighted by atomic mass is 10.0. The monoisotopic (exact) mass is 1480 g/mol. The normalized spacial score (nSPS) is 25.2. The van der Waals surface area contributed by atoms with E-state index in [-0.39, 0.29) is 11.6 Å². The third kappa shape index (κ3) is 20.3. The maximum Gasteiger partial charge on any atom is 0.179 e. The number of ketones is 2. The van der Waals surface area contributed by atoms with Crippen LogP contribution in [-0.4, -0.2) is 184 Å². The van der Waals surface area contributed by atoms with Gasteiger partial charge in [0.05, 0.1) is 98.7 Å². The lowest BCUT2D eigenvalue weighted by Gasteiger charge is -2.22. The second kappa shape index (κ2) is 35.6. The number of β-amino-alcohol motifs (C(OH)–C–C–N with tert-alkyl or cyclic N) is 2. The first-order valence-electron chi connectivity index (χ1n) is 39.9. The molecule has 4 saturated heterocycles. The molecule has 0 bridgehead atoms. The number of carbonyl (C=O) groups is 2. The molecule has 10 aromatic rings. The molecular formula is C90H108N12O8. The molecule has 6 aromatic carbocycles. The number of Topliss-reactive ketones (excluding diaryl/α,β-unsaturated/α-hetero) is 2. The Morgan fingerprint density at radius 2 is 0.709 bits per heavy atom. The standard InChI is InChI=1S/C26H31N3O2.C26H29N3O2.C19H25N3O2.C19H23N3O2/c2*1-19-7-9-24(10-8-19)31-25-11-21-15-28(16-22(21)12-25)18-26(30)23-13-27-29(17-23)14-20-5-3-2-4-6-20;2*1-13-2-4-17(5-3-13)24-18-6-14-10-22(11-15(14)7-18)12-19(23)16-8-20-21-9-16/h2-10,13,17,21-22,25-26,30H,11-12,14-16,18H2,1H3;2-10,13,17,21-22,25H,11-12,14-16,18H2,1H3;2-5,8-9,14-15,18-19,23H,6-7,10-12H2,1H3,(H,20,21);2-5,8-9,14-15,18H,6-7,10-12H2,1H3,(H,20,21)/t21-,22+,25?,26?;21-,22+,25?;14-,15+,18?,19?;14-,15+,18?. The minimum atomic E-state index is -0.497. The van der Waals surface area contributed by atoms with Crippen LogP contribution in [0.25, 0.3) is 0 Å². The van der Waals surface area contributed by atoms with E-state index in [4.69, 9.17) is 18.9 Å². The number of nitrogens with zero attached hydrogens (tertiary/aromatic N) is 10. The minimum Gasteiger partial charge on any atom is -0.490 e. The van der Waals surface area contributed by atoms with Gasteiger partial charge in [-0.1, -0.05) is 131 Å². The quantitative estimate of drug-likeness (QED) is 0.0414. The van der Waals surface area contributed by atoms with Gasteiger partial charge < -0.3 is 29.2 Å². The number of aliphatic hydroxyl groups excluding tert-OH is 2. The summed E-state index contributed by atoms with van der Waals surface area (Å²) in [6.45, 7) is 20.3. The SMILES string of the molecule is Cc1ccc(OC2C[C@@H]3CN(CC(=O)c4cn[nH]c4)C[C@@H]3C2)cc1.Cc1ccc(OC2C[C@@H]3CN(CC(=O)c4cnn(Cc5ccccc5)c4)C[C@@H]3C2)cc1.Cc1ccc(OC2C[C@@H]3CN(CC(O)c4cn[nH]c4)C[C@@H]3C2)cc1.Cc1ccc(OC2C[C@@H]3CN(CC(O)c4cnn(Cc5ccccc5)c4)C[C@@H]3C2)cc1. The molecule has 0 radical (unpaired) electrons. The molecule has 4 N–H and O–H groups in total. The van der Waals surface area contributed by atoms with Crippen molar-refractivity contribution in [2.45, 2.75) is 129 Å². The van der Waals surface area contributed by atoms with Crippen LogP contribution >= 0.6 is 0 Å². The maximum atomic E-state index is 12.8. The third-order valence-electron chi connectivity index (χ3n) is 24.1. The van der Waals surface area contributed by atoms with Gasteiger partial charge in [0.15, 0.2) is 11.6 Å². The van der Waals surface area contributed by atoms with Crippen molar-refractivity contribution in [3.05, 3.63) is 263 Å². The molecule has 576 valence electrons. The van der Waals surface area contributed by atoms with Crippen LogP contribution < -0.4 is 18.9 Å². The van der Waals surface area contributed by atoms with Gasteiger partial charge in [-0.3, -0.25) is 48.7 Å². The van der Waals surface area contributed by atoms with E-state index in [1.165, 1.54) is 33.4 Å². The highest BCUT2D eigenvalue weighted by atomic mass is 16.5. The summed E-state index contributed by atoms with van der Waals surface area (Å²) in [6, 6.07) is 53.8. The van der Waals surface area contributed by atoms with Crippen molar-refractivity contribution in [1.29, 1.82) is 0 Å². The minimum absolute atomic E-state index is 0.149. The Balaban J connectivity index is 0.000000117. The summed E-state index contributed by atoms with van der Waals surface area (Å²) in [4.78, 5) is 34.4. The van der Waals surface area contributed by atoms with Crippen molar-refractivity contribution in [3.63, 3.8) is 0 Å². The molecule has 8 aliphatic rings. The summed E-state index contributed by atoms with van der Waals surface area (Å²) in [5, 5.41) is 43.1. The van der Waals surface area contributed by atoms with Crippen molar-refractivity contribution in [3.8, 4) is 23.0 Å². The highest BCUT2D eigenvalue weighted by molar-refractivity contribution is 5.97. The molecular weight excluding hydrogens is 1380 g/mol. The van der Waals surface area contributed by atoms with Crippen LogP contribution in [0.5, 0.6) is 23.0 Å². The first kappa shape index (κ1) is 75.9. The molecule has 4 aliphatic heterocycles. The summed E-state index contributed by atoms with van der Waals surface area (Å²) in [7, 11) is 0. The zero-order valence-electron chi connectivity index (χ0n) is 64.1. The summed E-state index contributed by atoms with van der Waals surface area (Å²) in [5.74, 6) is 9.49. The van der Waals surface area contributed by atoms with Gasteiger partial charge in [-0.15, -0.1) is 0 Å². The Morgan fingerprint density at radius 3 is 1.06 bits per heavy atom. The van der Waals surface area contributed by atoms with E-state index in [0.29, 0.717) is 116 Å². The molecule has 110 heavy (non-hydrogen) atoms. The fourth-order valence-electron chi connectivity index (χ4n) is 18.5. The van der Waals surface area contributed by atoms with Crippen LogP contribution in [0.4, 0.5) is 0 Å². The molecule has 0 spiro atoms. The Hall–Kier alpha value is -9.54. The van der Waals surface area contributed by atoms with Gasteiger partial charge in [0.2, 0.25) is 0 Å². The first-order valence-corrected chi connectivity index (χ1v) is 39.9. The van der Waals surface area contributed by atoms with Gasteiger partial charge in [0.1, 0.15) is 23.0 Å². The average Bonchev–Trinajstić information content (AvgIpc) is 1.89. The van der Waals surface area contributed by atoms with Crippen molar-refractivity contribution in [1.82, 2.24) is 59.6 Å². The largest absolute Gasteiger partial charge is 0.490 e. The van der Waals surface area contributed by atoms with Crippen LogP contribution in [0.3, 0.4) is 0 Å². The second-order valence-electron chi connectivity index (χ2n) is 32.8. The van der Waals surface area contributed by atoms with Gasteiger partial charge >= 0.3 is 0 Å². The number of aromatic nitrogens is 8. The number of benzene rings is 6. The predicted octanol–water partition coefficient (Wildman–Crippen LogP) is 13.5. The van der Waals surface area contributed by atoms with E-state index in [0.717, 1.165) is 144 Å². The van der Waals surface area contributed by atoms with Gasteiger partial charge in [-0.2, -0.15) is 20.4 Å². The molecule has 4 saturated carbocycles. The lowest BCUT2D eigenvalue weighted by molar-refractivity contribution is 0.0928. The number of likely N-dealkylation sites (tertiary alicyclic amines) is 4. The van der Waals surface area contributed by atoms with Crippen molar-refractivity contribution < 1.29 is 38.7 Å². The van der Waals surface area contributed by atoms with Crippen molar-refractivity contribution in [2.24, 2.45) is 47.3 Å². The van der Waals surface area contributed by atoms with Gasteiger partial charge in [-0.25, -0.2) is 0 Å². The molecule has 4 aromatic heterocycles. The van der Waals surface area contributed by atoms with Gasteiger partial charge in [0, 0.05) is 101 Å². The van der Waals surface area contributed by atoms with Crippen LogP contribution in [0.15, 0.2) is 207 Å². The Bertz CT molecular complexity index is 4450. The van der Waals surface area contributed by atoms with E-state index in [2.05, 4.69) is 199 Å². The lowest BCUT2D eigenvalue weighted by Crippen LogP contribution is -2.29. The topological polar surface area (TPSA) is 217 Å². The maximum absolute atomic E-state index is 12.8. The van der Waals surface area contributed by atoms with E-state index >= 15 is 0 Å². The summed E-state index contributed by atoms with van der Waals surface area (Å²) >= 11 is 0. The third-order valence-corrected chi connectivity index (χ3v) is 24.1. The average molecular weight is 1490 g/mol. The van der Waals surface area contributed by atoms with Crippen LogP contribution in [0.2, 0.25) is 0 Å². The predicted molar refractivity (Wildman–Crippen MR) is 424 cm³/mol. The summed E-state index contributed by atoms with van der Waals surface area (Å²) < 4.78 is 28.5. The molecule has 0 amide bonds. The number of aromatic amines is 2. The molecule has 14 atom stereocenters. The number of H-pyrrole nitrogens is 2. The number of carbonyl (C=O) groups excluding carboxylic acids is 2. The number of nitrogens with one attached hydrogen (secondary N) is 2. The Morgan fingerprint density at radius 1 is 0.382 bits per heavy atom. The van der Waals surface area contributed by atoms with Crippen LogP contribution in [-0.2, 0) is 13.1 Å². The number of hydrogen-bond acceptors (Lipinski definition) is 16. The van der Waals surface area contributed by atoms with E-state index in [1.54, 1.807) is 37.2 Å². The van der Waals surface area contributed by atoms with E-state index < -0.39 is 12.2 Å².